The van der Waals surface area contributed by atoms with Crippen LogP contribution in [0.4, 0.5) is 5.69 Å². The minimum atomic E-state index is -3.70. The van der Waals surface area contributed by atoms with Crippen LogP contribution in [-0.2, 0) is 14.8 Å². The van der Waals surface area contributed by atoms with Crippen LogP contribution in [0.25, 0.3) is 0 Å². The first kappa shape index (κ1) is 20.5. The lowest BCUT2D eigenvalue weighted by atomic mass is 9.98. The van der Waals surface area contributed by atoms with Gasteiger partial charge in [-0.1, -0.05) is 6.07 Å². The van der Waals surface area contributed by atoms with Gasteiger partial charge in [0.2, 0.25) is 5.91 Å². The van der Waals surface area contributed by atoms with Crippen molar-refractivity contribution in [3.05, 3.63) is 41.9 Å². The second-order valence-electron chi connectivity index (χ2n) is 7.74. The number of anilines is 1. The van der Waals surface area contributed by atoms with Gasteiger partial charge in [0.1, 0.15) is 0 Å². The molecule has 2 heterocycles. The maximum Gasteiger partial charge on any atom is 0.262 e. The number of carbonyl (C=O) groups excluding carboxylic acids is 1. The van der Waals surface area contributed by atoms with Crippen molar-refractivity contribution >= 4 is 21.6 Å². The number of nitrogens with one attached hydrogen (secondary N) is 1. The Morgan fingerprint density at radius 2 is 2.00 bits per heavy atom. The van der Waals surface area contributed by atoms with Gasteiger partial charge in [-0.25, -0.2) is 13.4 Å². The fraction of sp³-hybridized carbons (Fsp3) is 0.500. The zero-order valence-electron chi connectivity index (χ0n) is 16.8. The Bertz CT molecular complexity index is 966. The highest BCUT2D eigenvalue weighted by atomic mass is 32.2. The molecule has 1 fully saturated rings. The first-order valence-electron chi connectivity index (χ1n) is 9.60. The lowest BCUT2D eigenvalue weighted by molar-refractivity contribution is -0.120. The Labute approximate surface area is 166 Å². The summed E-state index contributed by atoms with van der Waals surface area (Å²) in [6.07, 6.45) is 4.41. The molecule has 1 aromatic carbocycles. The number of imidazole rings is 1. The number of benzene rings is 1. The molecule has 7 nitrogen and oxygen atoms in total. The highest BCUT2D eigenvalue weighted by Gasteiger charge is 2.34. The molecule has 28 heavy (non-hydrogen) atoms. The van der Waals surface area contributed by atoms with Gasteiger partial charge in [0.05, 0.1) is 12.2 Å². The second kappa shape index (κ2) is 8.05. The standard InChI is InChI=1S/C20H28N4O3S/c1-14(2)23-12-19(21-13-23)28(26,27)24-9-5-6-17(11-24)20(25)22-18-8-7-15(3)16(4)10-18/h7-8,10,12-14,17H,5-6,9,11H2,1-4H3,(H,22,25)/t17-/m1/s1. The van der Waals surface area contributed by atoms with Crippen LogP contribution in [0.1, 0.15) is 43.9 Å². The predicted molar refractivity (Wildman–Crippen MR) is 109 cm³/mol. The number of hydrogen-bond donors (Lipinski definition) is 1. The SMILES string of the molecule is Cc1ccc(NC(=O)[C@@H]2CCCN(S(=O)(=O)c3cn(C(C)C)cn3)C2)cc1C. The van der Waals surface area contributed by atoms with Gasteiger partial charge in [0, 0.05) is 31.0 Å². The van der Waals surface area contributed by atoms with Gasteiger partial charge in [-0.15, -0.1) is 0 Å². The van der Waals surface area contributed by atoms with E-state index >= 15 is 0 Å². The normalized spacial score (nSPS) is 18.4. The van der Waals surface area contributed by atoms with Crippen molar-refractivity contribution in [2.75, 3.05) is 18.4 Å². The van der Waals surface area contributed by atoms with Crippen molar-refractivity contribution in [2.24, 2.45) is 5.92 Å². The molecule has 8 heteroatoms. The molecule has 1 amide bonds. The predicted octanol–water partition coefficient (Wildman–Crippen LogP) is 3.12. The third-order valence-electron chi connectivity index (χ3n) is 5.31. The van der Waals surface area contributed by atoms with Gasteiger partial charge in [0.25, 0.3) is 10.0 Å². The number of rotatable bonds is 5. The lowest BCUT2D eigenvalue weighted by Gasteiger charge is -2.30. The summed E-state index contributed by atoms with van der Waals surface area (Å²) in [7, 11) is -3.70. The summed E-state index contributed by atoms with van der Waals surface area (Å²) >= 11 is 0. The van der Waals surface area contributed by atoms with Crippen molar-refractivity contribution in [3.8, 4) is 0 Å². The molecule has 0 bridgehead atoms. The van der Waals surface area contributed by atoms with Crippen LogP contribution < -0.4 is 5.32 Å². The van der Waals surface area contributed by atoms with Crippen molar-refractivity contribution in [2.45, 2.75) is 51.6 Å². The number of aryl methyl sites for hydroxylation is 2. The molecule has 152 valence electrons. The van der Waals surface area contributed by atoms with Gasteiger partial charge in [0.15, 0.2) is 5.03 Å². The average Bonchev–Trinajstić information content (AvgIpc) is 3.16. The smallest absolute Gasteiger partial charge is 0.262 e. The molecule has 1 aromatic heterocycles. The molecule has 0 radical (unpaired) electrons. The van der Waals surface area contributed by atoms with E-state index in [-0.39, 0.29) is 29.4 Å². The van der Waals surface area contributed by atoms with E-state index in [1.54, 1.807) is 10.8 Å². The summed E-state index contributed by atoms with van der Waals surface area (Å²) < 4.78 is 29.0. The Hall–Kier alpha value is -2.19. The maximum absolute atomic E-state index is 13.0. The summed E-state index contributed by atoms with van der Waals surface area (Å²) in [6.45, 7) is 8.53. The minimum absolute atomic E-state index is 0.0383. The highest BCUT2D eigenvalue weighted by Crippen LogP contribution is 2.25. The molecule has 0 aliphatic carbocycles. The molecule has 0 saturated carbocycles. The molecule has 1 atom stereocenters. The number of piperidine rings is 1. The molecule has 0 unspecified atom stereocenters. The number of nitrogens with zero attached hydrogens (tertiary/aromatic N) is 3. The van der Waals surface area contributed by atoms with Crippen LogP contribution in [0.2, 0.25) is 0 Å². The van der Waals surface area contributed by atoms with Gasteiger partial charge in [-0.2, -0.15) is 4.31 Å². The van der Waals surface area contributed by atoms with E-state index in [1.165, 1.54) is 10.6 Å². The number of carbonyl (C=O) groups is 1. The topological polar surface area (TPSA) is 84.3 Å². The molecular weight excluding hydrogens is 376 g/mol. The third kappa shape index (κ3) is 4.28. The molecule has 1 aliphatic heterocycles. The van der Waals surface area contributed by atoms with Crippen LogP contribution in [0, 0.1) is 19.8 Å². The molecule has 2 aromatic rings. The quantitative estimate of drug-likeness (QED) is 0.830. The van der Waals surface area contributed by atoms with Crippen molar-refractivity contribution in [1.29, 1.82) is 0 Å². The van der Waals surface area contributed by atoms with E-state index in [4.69, 9.17) is 0 Å². The Morgan fingerprint density at radius 3 is 2.64 bits per heavy atom. The Balaban J connectivity index is 1.71. The number of aromatic nitrogens is 2. The van der Waals surface area contributed by atoms with E-state index in [0.717, 1.165) is 16.8 Å². The number of sulfonamides is 1. The van der Waals surface area contributed by atoms with E-state index in [1.807, 2.05) is 45.9 Å². The molecule has 1 aliphatic rings. The first-order chi connectivity index (χ1) is 13.2. The fourth-order valence-electron chi connectivity index (χ4n) is 3.30. The molecule has 1 N–H and O–H groups in total. The van der Waals surface area contributed by atoms with E-state index in [2.05, 4.69) is 10.3 Å². The van der Waals surface area contributed by atoms with Crippen molar-refractivity contribution < 1.29 is 13.2 Å². The van der Waals surface area contributed by atoms with E-state index in [9.17, 15) is 13.2 Å². The van der Waals surface area contributed by atoms with Crippen molar-refractivity contribution in [1.82, 2.24) is 13.9 Å². The lowest BCUT2D eigenvalue weighted by Crippen LogP contribution is -2.43. The van der Waals surface area contributed by atoms with Crippen LogP contribution in [0.5, 0.6) is 0 Å². The maximum atomic E-state index is 13.0. The molecule has 3 rings (SSSR count). The van der Waals surface area contributed by atoms with Crippen LogP contribution in [-0.4, -0.2) is 41.3 Å². The van der Waals surface area contributed by atoms with Gasteiger partial charge in [-0.05, 0) is 63.8 Å². The highest BCUT2D eigenvalue weighted by molar-refractivity contribution is 7.89. The summed E-state index contributed by atoms with van der Waals surface area (Å²) in [6, 6.07) is 5.90. The number of amides is 1. The zero-order valence-corrected chi connectivity index (χ0v) is 17.7. The molecule has 0 spiro atoms. The fourth-order valence-corrected chi connectivity index (χ4v) is 4.75. The van der Waals surface area contributed by atoms with E-state index < -0.39 is 10.0 Å². The van der Waals surface area contributed by atoms with Gasteiger partial charge < -0.3 is 9.88 Å². The average molecular weight is 405 g/mol. The minimum Gasteiger partial charge on any atom is -0.334 e. The van der Waals surface area contributed by atoms with Crippen molar-refractivity contribution in [3.63, 3.8) is 0 Å². The zero-order chi connectivity index (χ0) is 20.5. The molecule has 1 saturated heterocycles. The largest absolute Gasteiger partial charge is 0.334 e. The monoisotopic (exact) mass is 404 g/mol. The first-order valence-corrected chi connectivity index (χ1v) is 11.0. The van der Waals surface area contributed by atoms with Crippen LogP contribution >= 0.6 is 0 Å². The molecular formula is C20H28N4O3S. The second-order valence-corrected chi connectivity index (χ2v) is 9.63. The summed E-state index contributed by atoms with van der Waals surface area (Å²) in [4.78, 5) is 16.8. The summed E-state index contributed by atoms with van der Waals surface area (Å²) in [5.74, 6) is -0.520. The van der Waals surface area contributed by atoms with Gasteiger partial charge in [-0.3, -0.25) is 4.79 Å². The van der Waals surface area contributed by atoms with Gasteiger partial charge >= 0.3 is 0 Å². The summed E-state index contributed by atoms with van der Waals surface area (Å²) in [5, 5.41) is 2.97. The Morgan fingerprint density at radius 1 is 1.25 bits per heavy atom. The van der Waals surface area contributed by atoms with Crippen LogP contribution in [0.15, 0.2) is 35.7 Å². The van der Waals surface area contributed by atoms with Crippen LogP contribution in [0.3, 0.4) is 0 Å². The summed E-state index contributed by atoms with van der Waals surface area (Å²) in [5.41, 5.74) is 3.00. The third-order valence-corrected chi connectivity index (χ3v) is 7.06. The Kier molecular flexibility index (Phi) is 5.90. The van der Waals surface area contributed by atoms with E-state index in [0.29, 0.717) is 19.4 Å². The number of hydrogen-bond acceptors (Lipinski definition) is 4.